The Bertz CT molecular complexity index is 699. The predicted octanol–water partition coefficient (Wildman–Crippen LogP) is 3.16. The number of hydrazone groups is 1. The molecule has 23 heavy (non-hydrogen) atoms. The van der Waals surface area contributed by atoms with E-state index in [-0.39, 0.29) is 12.3 Å². The Balaban J connectivity index is 1.98. The van der Waals surface area contributed by atoms with Crippen molar-refractivity contribution in [1.82, 2.24) is 5.43 Å². The highest BCUT2D eigenvalue weighted by atomic mass is 79.9. The summed E-state index contributed by atoms with van der Waals surface area (Å²) < 4.78 is 11.4. The van der Waals surface area contributed by atoms with E-state index >= 15 is 0 Å². The van der Waals surface area contributed by atoms with Crippen molar-refractivity contribution in [3.8, 4) is 11.5 Å². The fourth-order valence-corrected chi connectivity index (χ4v) is 2.21. The zero-order valence-corrected chi connectivity index (χ0v) is 14.5. The lowest BCUT2D eigenvalue weighted by Crippen LogP contribution is -2.19. The van der Waals surface area contributed by atoms with Crippen molar-refractivity contribution in [2.45, 2.75) is 6.42 Å². The van der Waals surface area contributed by atoms with Gasteiger partial charge >= 0.3 is 0 Å². The van der Waals surface area contributed by atoms with Crippen LogP contribution < -0.4 is 14.9 Å². The first-order valence-electron chi connectivity index (χ1n) is 6.90. The molecule has 0 spiro atoms. The molecule has 0 fully saturated rings. The van der Waals surface area contributed by atoms with E-state index in [1.807, 2.05) is 24.3 Å². The van der Waals surface area contributed by atoms with Gasteiger partial charge in [0.25, 0.3) is 0 Å². The predicted molar refractivity (Wildman–Crippen MR) is 93.1 cm³/mol. The van der Waals surface area contributed by atoms with Gasteiger partial charge in [0.1, 0.15) is 11.5 Å². The molecule has 0 bridgehead atoms. The first kappa shape index (κ1) is 17.0. The van der Waals surface area contributed by atoms with E-state index < -0.39 is 0 Å². The Hall–Kier alpha value is -2.34. The Morgan fingerprint density at radius 3 is 2.57 bits per heavy atom. The molecule has 0 saturated carbocycles. The SMILES string of the molecule is COc1ccc(OC)c(C=NNC(=O)Cc2ccc(Br)cc2)c1. The van der Waals surface area contributed by atoms with Crippen LogP contribution in [0, 0.1) is 0 Å². The van der Waals surface area contributed by atoms with Crippen molar-refractivity contribution in [3.63, 3.8) is 0 Å². The topological polar surface area (TPSA) is 59.9 Å². The number of carbonyl (C=O) groups is 1. The molecule has 0 aromatic heterocycles. The highest BCUT2D eigenvalue weighted by Crippen LogP contribution is 2.22. The fourth-order valence-electron chi connectivity index (χ4n) is 1.94. The van der Waals surface area contributed by atoms with Gasteiger partial charge in [-0.15, -0.1) is 0 Å². The van der Waals surface area contributed by atoms with E-state index in [1.54, 1.807) is 32.4 Å². The largest absolute Gasteiger partial charge is 0.497 e. The minimum absolute atomic E-state index is 0.189. The molecule has 120 valence electrons. The second-order valence-corrected chi connectivity index (χ2v) is 5.62. The van der Waals surface area contributed by atoms with Gasteiger partial charge in [0.05, 0.1) is 26.9 Å². The van der Waals surface area contributed by atoms with E-state index in [1.165, 1.54) is 6.21 Å². The number of hydrogen-bond acceptors (Lipinski definition) is 4. The molecule has 2 aromatic carbocycles. The first-order valence-corrected chi connectivity index (χ1v) is 7.70. The van der Waals surface area contributed by atoms with E-state index in [0.29, 0.717) is 11.5 Å². The Kier molecular flexibility index (Phi) is 6.17. The zero-order chi connectivity index (χ0) is 16.7. The minimum atomic E-state index is -0.189. The van der Waals surface area contributed by atoms with E-state index in [4.69, 9.17) is 9.47 Å². The van der Waals surface area contributed by atoms with Gasteiger partial charge in [-0.25, -0.2) is 5.43 Å². The molecule has 0 radical (unpaired) electrons. The van der Waals surface area contributed by atoms with Crippen molar-refractivity contribution in [2.24, 2.45) is 5.10 Å². The summed E-state index contributed by atoms with van der Waals surface area (Å²) in [5.74, 6) is 1.15. The van der Waals surface area contributed by atoms with Gasteiger partial charge < -0.3 is 9.47 Å². The zero-order valence-electron chi connectivity index (χ0n) is 12.9. The third-order valence-corrected chi connectivity index (χ3v) is 3.64. The van der Waals surface area contributed by atoms with E-state index in [0.717, 1.165) is 15.6 Å². The summed E-state index contributed by atoms with van der Waals surface area (Å²) in [6.07, 6.45) is 1.79. The molecule has 2 aromatic rings. The van der Waals surface area contributed by atoms with Gasteiger partial charge in [-0.3, -0.25) is 4.79 Å². The van der Waals surface area contributed by atoms with Crippen LogP contribution in [0.1, 0.15) is 11.1 Å². The molecule has 1 amide bonds. The van der Waals surface area contributed by atoms with Crippen LogP contribution >= 0.6 is 15.9 Å². The summed E-state index contributed by atoms with van der Waals surface area (Å²) in [4.78, 5) is 11.9. The number of ether oxygens (including phenoxy) is 2. The lowest BCUT2D eigenvalue weighted by molar-refractivity contribution is -0.120. The van der Waals surface area contributed by atoms with E-state index in [9.17, 15) is 4.79 Å². The normalized spacial score (nSPS) is 10.6. The summed E-state index contributed by atoms with van der Waals surface area (Å²) in [5, 5.41) is 3.97. The van der Waals surface area contributed by atoms with Gasteiger partial charge in [0.2, 0.25) is 5.91 Å². The van der Waals surface area contributed by atoms with Crippen LogP contribution in [0.25, 0.3) is 0 Å². The molecule has 0 heterocycles. The second-order valence-electron chi connectivity index (χ2n) is 4.70. The maximum atomic E-state index is 11.9. The van der Waals surface area contributed by atoms with Crippen molar-refractivity contribution in [3.05, 3.63) is 58.1 Å². The highest BCUT2D eigenvalue weighted by Gasteiger charge is 2.04. The molecule has 0 aliphatic carbocycles. The third kappa shape index (κ3) is 5.10. The van der Waals surface area contributed by atoms with Crippen molar-refractivity contribution in [1.29, 1.82) is 0 Å². The molecule has 1 N–H and O–H groups in total. The number of halogens is 1. The van der Waals surface area contributed by atoms with Crippen LogP contribution in [0.5, 0.6) is 11.5 Å². The van der Waals surface area contributed by atoms with E-state index in [2.05, 4.69) is 26.5 Å². The molecule has 0 saturated heterocycles. The van der Waals surface area contributed by atoms with Crippen LogP contribution in [0.15, 0.2) is 52.0 Å². The van der Waals surface area contributed by atoms with Crippen LogP contribution in [0.3, 0.4) is 0 Å². The molecule has 0 unspecified atom stereocenters. The quantitative estimate of drug-likeness (QED) is 0.622. The maximum Gasteiger partial charge on any atom is 0.244 e. The average Bonchev–Trinajstić information content (AvgIpc) is 2.57. The van der Waals surface area contributed by atoms with Crippen LogP contribution in [-0.2, 0) is 11.2 Å². The van der Waals surface area contributed by atoms with Crippen LogP contribution in [0.4, 0.5) is 0 Å². The third-order valence-electron chi connectivity index (χ3n) is 3.11. The summed E-state index contributed by atoms with van der Waals surface area (Å²) in [5.41, 5.74) is 4.14. The lowest BCUT2D eigenvalue weighted by Gasteiger charge is -2.06. The Morgan fingerprint density at radius 2 is 1.91 bits per heavy atom. The lowest BCUT2D eigenvalue weighted by atomic mass is 10.1. The monoisotopic (exact) mass is 376 g/mol. The fraction of sp³-hybridized carbons (Fsp3) is 0.176. The summed E-state index contributed by atoms with van der Waals surface area (Å²) >= 11 is 3.36. The molecule has 5 nitrogen and oxygen atoms in total. The van der Waals surface area contributed by atoms with Gasteiger partial charge in [-0.1, -0.05) is 28.1 Å². The molecule has 0 atom stereocenters. The summed E-state index contributed by atoms with van der Waals surface area (Å²) in [7, 11) is 3.16. The number of nitrogens with zero attached hydrogens (tertiary/aromatic N) is 1. The second kappa shape index (κ2) is 8.33. The number of rotatable bonds is 6. The summed E-state index contributed by atoms with van der Waals surface area (Å²) in [6.45, 7) is 0. The summed E-state index contributed by atoms with van der Waals surface area (Å²) in [6, 6.07) is 12.9. The standard InChI is InChI=1S/C17H17BrN2O3/c1-22-15-7-8-16(23-2)13(10-15)11-19-20-17(21)9-12-3-5-14(18)6-4-12/h3-8,10-11H,9H2,1-2H3,(H,20,21). The highest BCUT2D eigenvalue weighted by molar-refractivity contribution is 9.10. The van der Waals surface area contributed by atoms with Gasteiger partial charge in [-0.05, 0) is 35.9 Å². The maximum absolute atomic E-state index is 11.9. The van der Waals surface area contributed by atoms with Crippen molar-refractivity contribution < 1.29 is 14.3 Å². The molecule has 6 heteroatoms. The number of amides is 1. The first-order chi connectivity index (χ1) is 11.1. The van der Waals surface area contributed by atoms with Crippen LogP contribution in [-0.4, -0.2) is 26.3 Å². The van der Waals surface area contributed by atoms with Gasteiger partial charge in [-0.2, -0.15) is 5.10 Å². The average molecular weight is 377 g/mol. The van der Waals surface area contributed by atoms with Gasteiger partial charge in [0, 0.05) is 10.0 Å². The molecule has 2 rings (SSSR count). The number of hydrogen-bond donors (Lipinski definition) is 1. The smallest absolute Gasteiger partial charge is 0.244 e. The molecular formula is C17H17BrN2O3. The number of benzene rings is 2. The van der Waals surface area contributed by atoms with Crippen LogP contribution in [0.2, 0.25) is 0 Å². The van der Waals surface area contributed by atoms with Crippen molar-refractivity contribution in [2.75, 3.05) is 14.2 Å². The number of methoxy groups -OCH3 is 2. The molecule has 0 aliphatic rings. The number of nitrogens with one attached hydrogen (secondary N) is 1. The minimum Gasteiger partial charge on any atom is -0.497 e. The van der Waals surface area contributed by atoms with Crippen molar-refractivity contribution >= 4 is 28.1 Å². The Labute approximate surface area is 143 Å². The molecule has 0 aliphatic heterocycles. The van der Waals surface area contributed by atoms with Gasteiger partial charge in [0.15, 0.2) is 0 Å². The Morgan fingerprint density at radius 1 is 1.17 bits per heavy atom. The number of carbonyl (C=O) groups excluding carboxylic acids is 1. The molecular weight excluding hydrogens is 360 g/mol.